The third-order valence-electron chi connectivity index (χ3n) is 5.72. The van der Waals surface area contributed by atoms with E-state index in [-0.39, 0.29) is 12.5 Å². The van der Waals surface area contributed by atoms with Crippen molar-refractivity contribution >= 4 is 17.4 Å². The summed E-state index contributed by atoms with van der Waals surface area (Å²) in [5.41, 5.74) is 6.99. The van der Waals surface area contributed by atoms with Crippen molar-refractivity contribution in [2.75, 3.05) is 13.1 Å². The second-order valence-corrected chi connectivity index (χ2v) is 7.49. The minimum Gasteiger partial charge on any atom is -0.309 e. The van der Waals surface area contributed by atoms with Crippen LogP contribution < -0.4 is 0 Å². The maximum atomic E-state index is 12.7. The van der Waals surface area contributed by atoms with E-state index in [1.807, 2.05) is 15.8 Å². The molecular weight excluding hydrogens is 324 g/mol. The first-order valence-corrected chi connectivity index (χ1v) is 9.32. The van der Waals surface area contributed by atoms with Gasteiger partial charge in [-0.3, -0.25) is 14.4 Å². The van der Waals surface area contributed by atoms with Gasteiger partial charge in [0.05, 0.1) is 11.4 Å². The van der Waals surface area contributed by atoms with Gasteiger partial charge in [-0.05, 0) is 44.2 Å². The fourth-order valence-electron chi connectivity index (χ4n) is 4.16. The van der Waals surface area contributed by atoms with Crippen molar-refractivity contribution in [2.24, 2.45) is 4.99 Å². The van der Waals surface area contributed by atoms with Gasteiger partial charge in [0.1, 0.15) is 18.7 Å². The Balaban J connectivity index is 1.67. The number of aliphatic imine (C=N–C) groups is 1. The maximum Gasteiger partial charge on any atom is 0.248 e. The lowest BCUT2D eigenvalue weighted by molar-refractivity contribution is -0.126. The zero-order chi connectivity index (χ0) is 17.8. The third-order valence-corrected chi connectivity index (χ3v) is 5.72. The molecule has 3 aliphatic rings. The van der Waals surface area contributed by atoms with Gasteiger partial charge in [0.15, 0.2) is 0 Å². The van der Waals surface area contributed by atoms with E-state index in [1.165, 1.54) is 29.5 Å². The average molecular weight is 346 g/mol. The topological polar surface area (TPSA) is 50.5 Å². The number of allylic oxidation sites excluding steroid dienone is 1. The zero-order valence-electron chi connectivity index (χ0n) is 15.2. The number of benzene rings is 1. The lowest BCUT2D eigenvalue weighted by atomic mass is 9.90. The molecule has 3 heterocycles. The van der Waals surface area contributed by atoms with Crippen LogP contribution >= 0.6 is 0 Å². The Bertz CT molecular complexity index is 978. The Morgan fingerprint density at radius 1 is 1.19 bits per heavy atom. The summed E-state index contributed by atoms with van der Waals surface area (Å²) < 4.78 is 2.00. The lowest BCUT2D eigenvalue weighted by Crippen LogP contribution is -2.36. The minimum atomic E-state index is 0.0732. The number of hydrogen-bond acceptors (Lipinski definition) is 3. The highest BCUT2D eigenvalue weighted by Gasteiger charge is 2.32. The molecule has 5 rings (SSSR count). The number of amides is 1. The van der Waals surface area contributed by atoms with Gasteiger partial charge < -0.3 is 4.90 Å². The van der Waals surface area contributed by atoms with E-state index in [9.17, 15) is 4.79 Å². The van der Waals surface area contributed by atoms with Crippen molar-refractivity contribution in [2.45, 2.75) is 39.0 Å². The number of aryl methyl sites for hydroxylation is 1. The predicted octanol–water partition coefficient (Wildman–Crippen LogP) is 3.15. The number of hydrogen-bond donors (Lipinski definition) is 0. The van der Waals surface area contributed by atoms with Crippen molar-refractivity contribution in [3.05, 3.63) is 58.7 Å². The van der Waals surface area contributed by atoms with E-state index in [2.05, 4.69) is 48.2 Å². The van der Waals surface area contributed by atoms with E-state index in [1.54, 1.807) is 0 Å². The Kier molecular flexibility index (Phi) is 3.39. The average Bonchev–Trinajstić information content (AvgIpc) is 3.40. The molecule has 1 aromatic heterocycles. The van der Waals surface area contributed by atoms with Crippen LogP contribution in [-0.4, -0.2) is 39.3 Å². The Hall–Kier alpha value is -2.69. The summed E-state index contributed by atoms with van der Waals surface area (Å²) in [6, 6.07) is 6.36. The summed E-state index contributed by atoms with van der Waals surface area (Å²) in [6.07, 6.45) is 7.28. The number of aromatic nitrogens is 2. The van der Waals surface area contributed by atoms with E-state index in [4.69, 9.17) is 0 Å². The lowest BCUT2D eigenvalue weighted by Gasteiger charge is -2.32. The van der Waals surface area contributed by atoms with Gasteiger partial charge in [-0.25, -0.2) is 4.98 Å². The van der Waals surface area contributed by atoms with Crippen molar-refractivity contribution < 1.29 is 4.79 Å². The summed E-state index contributed by atoms with van der Waals surface area (Å²) >= 11 is 0. The Morgan fingerprint density at radius 3 is 2.85 bits per heavy atom. The van der Waals surface area contributed by atoms with Crippen LogP contribution in [0.4, 0.5) is 0 Å². The standard InChI is InChI=1S/C21H22N4O/c1-13-4-3-5-17-16(13)8-9-25-19(26)10-22-21(14(2)20(17)25)24-11-18(23-12-24)15-6-7-15/h3-5,11-12,15H,6-10H2,1-2H3. The normalized spacial score (nSPS) is 19.8. The van der Waals surface area contributed by atoms with Crippen LogP contribution in [0.1, 0.15) is 48.1 Å². The van der Waals surface area contributed by atoms with Gasteiger partial charge in [0.2, 0.25) is 5.91 Å². The molecule has 1 amide bonds. The fourth-order valence-corrected chi connectivity index (χ4v) is 4.16. The molecule has 26 heavy (non-hydrogen) atoms. The van der Waals surface area contributed by atoms with Gasteiger partial charge in [-0.2, -0.15) is 0 Å². The number of nitrogens with zero attached hydrogens (tertiary/aromatic N) is 4. The van der Waals surface area contributed by atoms with E-state index in [0.717, 1.165) is 35.8 Å². The third kappa shape index (κ3) is 2.34. The van der Waals surface area contributed by atoms with E-state index >= 15 is 0 Å². The molecule has 0 unspecified atom stereocenters. The predicted molar refractivity (Wildman–Crippen MR) is 101 cm³/mol. The maximum absolute atomic E-state index is 12.7. The molecule has 2 aliphatic heterocycles. The van der Waals surface area contributed by atoms with Crippen molar-refractivity contribution in [1.82, 2.24) is 14.5 Å². The van der Waals surface area contributed by atoms with E-state index in [0.29, 0.717) is 5.92 Å². The molecule has 0 radical (unpaired) electrons. The van der Waals surface area contributed by atoms with Gasteiger partial charge in [-0.15, -0.1) is 0 Å². The Morgan fingerprint density at radius 2 is 2.04 bits per heavy atom. The van der Waals surface area contributed by atoms with Gasteiger partial charge >= 0.3 is 0 Å². The van der Waals surface area contributed by atoms with Gasteiger partial charge in [0, 0.05) is 29.8 Å². The van der Waals surface area contributed by atoms with Crippen molar-refractivity contribution in [1.29, 1.82) is 0 Å². The summed E-state index contributed by atoms with van der Waals surface area (Å²) in [6.45, 7) is 5.14. The number of imidazole rings is 1. The molecule has 0 saturated heterocycles. The number of carbonyl (C=O) groups is 1. The van der Waals surface area contributed by atoms with Crippen LogP contribution in [0.5, 0.6) is 0 Å². The molecule has 0 atom stereocenters. The molecule has 132 valence electrons. The molecular formula is C21H22N4O. The summed E-state index contributed by atoms with van der Waals surface area (Å²) in [4.78, 5) is 23.9. The first kappa shape index (κ1) is 15.6. The van der Waals surface area contributed by atoms with Crippen LogP contribution in [-0.2, 0) is 11.2 Å². The molecule has 5 heteroatoms. The minimum absolute atomic E-state index is 0.0732. The van der Waals surface area contributed by atoms with Crippen LogP contribution in [0.3, 0.4) is 0 Å². The summed E-state index contributed by atoms with van der Waals surface area (Å²) in [7, 11) is 0. The molecule has 1 saturated carbocycles. The first-order valence-electron chi connectivity index (χ1n) is 9.32. The smallest absolute Gasteiger partial charge is 0.248 e. The van der Waals surface area contributed by atoms with Crippen LogP contribution in [0.15, 0.2) is 41.3 Å². The molecule has 0 spiro atoms. The van der Waals surface area contributed by atoms with E-state index < -0.39 is 0 Å². The van der Waals surface area contributed by atoms with Crippen molar-refractivity contribution in [3.63, 3.8) is 0 Å². The zero-order valence-corrected chi connectivity index (χ0v) is 15.2. The second-order valence-electron chi connectivity index (χ2n) is 7.49. The second kappa shape index (κ2) is 5.66. The monoisotopic (exact) mass is 346 g/mol. The fraction of sp³-hybridized carbons (Fsp3) is 0.381. The molecule has 5 nitrogen and oxygen atoms in total. The quantitative estimate of drug-likeness (QED) is 0.796. The Labute approximate surface area is 153 Å². The van der Waals surface area contributed by atoms with Gasteiger partial charge in [0.25, 0.3) is 0 Å². The molecule has 0 bridgehead atoms. The van der Waals surface area contributed by atoms with Crippen LogP contribution in [0.25, 0.3) is 5.70 Å². The highest BCUT2D eigenvalue weighted by Crippen LogP contribution is 2.39. The number of rotatable bonds is 1. The summed E-state index contributed by atoms with van der Waals surface area (Å²) in [5.74, 6) is 1.51. The molecule has 0 N–H and O–H groups in total. The number of carbonyl (C=O) groups excluding carboxylic acids is 1. The largest absolute Gasteiger partial charge is 0.309 e. The number of fused-ring (bicyclic) bond motifs is 3. The highest BCUT2D eigenvalue weighted by molar-refractivity contribution is 6.10. The molecule has 1 fully saturated rings. The SMILES string of the molecule is CC1=C2c3cccc(C)c3CCN2C(=O)CN=C1n1cnc(C2CC2)c1. The molecule has 2 aromatic rings. The molecule has 1 aromatic carbocycles. The first-order chi connectivity index (χ1) is 12.6. The van der Waals surface area contributed by atoms with Crippen LogP contribution in [0, 0.1) is 6.92 Å². The summed E-state index contributed by atoms with van der Waals surface area (Å²) in [5, 5.41) is 0. The highest BCUT2D eigenvalue weighted by atomic mass is 16.2. The van der Waals surface area contributed by atoms with Crippen LogP contribution in [0.2, 0.25) is 0 Å². The van der Waals surface area contributed by atoms with Gasteiger partial charge in [-0.1, -0.05) is 18.2 Å². The molecule has 1 aliphatic carbocycles. The van der Waals surface area contributed by atoms with Crippen molar-refractivity contribution in [3.8, 4) is 0 Å².